The quantitative estimate of drug-likeness (QED) is 0.712. The Balaban J connectivity index is 2.16. The first-order valence-corrected chi connectivity index (χ1v) is 5.42. The highest BCUT2D eigenvalue weighted by Gasteiger charge is 1.98. The number of terminal acetylenes is 1. The summed E-state index contributed by atoms with van der Waals surface area (Å²) in [6, 6.07) is 15.6. The Bertz CT molecular complexity index is 532. The molecule has 0 bridgehead atoms. The third-order valence-corrected chi connectivity index (χ3v) is 2.36. The predicted octanol–water partition coefficient (Wildman–Crippen LogP) is 3.97. The fraction of sp³-hybridized carbons (Fsp3) is 0.0625. The molecule has 0 fully saturated rings. The SMILES string of the molecule is C#C[CH]c1cccc(Oc2ccc(C)cc2)c1. The molecule has 0 aliphatic rings. The highest BCUT2D eigenvalue weighted by atomic mass is 16.5. The fourth-order valence-electron chi connectivity index (χ4n) is 1.51. The lowest BCUT2D eigenvalue weighted by Crippen LogP contribution is -1.86. The first-order chi connectivity index (χ1) is 8.28. The van der Waals surface area contributed by atoms with Crippen LogP contribution in [-0.2, 0) is 0 Å². The van der Waals surface area contributed by atoms with Gasteiger partial charge in [-0.2, -0.15) is 0 Å². The van der Waals surface area contributed by atoms with Crippen molar-refractivity contribution in [2.75, 3.05) is 0 Å². The first kappa shape index (κ1) is 11.3. The molecule has 2 aromatic carbocycles. The van der Waals surface area contributed by atoms with E-state index in [0.717, 1.165) is 17.1 Å². The lowest BCUT2D eigenvalue weighted by Gasteiger charge is -2.06. The number of rotatable bonds is 3. The van der Waals surface area contributed by atoms with E-state index in [1.807, 2.05) is 55.5 Å². The minimum Gasteiger partial charge on any atom is -0.457 e. The minimum atomic E-state index is 0.790. The van der Waals surface area contributed by atoms with Crippen molar-refractivity contribution in [1.29, 1.82) is 0 Å². The molecular weight excluding hydrogens is 208 g/mol. The van der Waals surface area contributed by atoms with E-state index in [9.17, 15) is 0 Å². The summed E-state index contributed by atoms with van der Waals surface area (Å²) >= 11 is 0. The fourth-order valence-corrected chi connectivity index (χ4v) is 1.51. The number of hydrogen-bond acceptors (Lipinski definition) is 1. The second kappa shape index (κ2) is 5.23. The number of aryl methyl sites for hydroxylation is 1. The monoisotopic (exact) mass is 221 g/mol. The summed E-state index contributed by atoms with van der Waals surface area (Å²) < 4.78 is 5.73. The Morgan fingerprint density at radius 3 is 2.53 bits per heavy atom. The number of benzene rings is 2. The maximum absolute atomic E-state index is 5.73. The zero-order chi connectivity index (χ0) is 12.1. The maximum Gasteiger partial charge on any atom is 0.127 e. The van der Waals surface area contributed by atoms with Gasteiger partial charge in [-0.05, 0) is 36.8 Å². The Kier molecular flexibility index (Phi) is 3.47. The Hall–Kier alpha value is -2.20. The average molecular weight is 221 g/mol. The van der Waals surface area contributed by atoms with Crippen LogP contribution in [0.3, 0.4) is 0 Å². The summed E-state index contributed by atoms with van der Waals surface area (Å²) in [6.07, 6.45) is 6.94. The molecule has 0 heterocycles. The standard InChI is InChI=1S/C16H13O/c1-3-5-14-6-4-7-16(12-14)17-15-10-8-13(2)9-11-15/h1,4-12H,2H3. The van der Waals surface area contributed by atoms with Crippen LogP contribution >= 0.6 is 0 Å². The van der Waals surface area contributed by atoms with Gasteiger partial charge in [0.25, 0.3) is 0 Å². The second-order valence-corrected chi connectivity index (χ2v) is 3.80. The lowest BCUT2D eigenvalue weighted by molar-refractivity contribution is 0.482. The summed E-state index contributed by atoms with van der Waals surface area (Å²) in [5, 5.41) is 0. The predicted molar refractivity (Wildman–Crippen MR) is 69.9 cm³/mol. The Labute approximate surface area is 102 Å². The van der Waals surface area contributed by atoms with E-state index in [-0.39, 0.29) is 0 Å². The molecule has 2 aromatic rings. The third kappa shape index (κ3) is 3.12. The van der Waals surface area contributed by atoms with Crippen molar-refractivity contribution >= 4 is 0 Å². The molecule has 1 radical (unpaired) electrons. The van der Waals surface area contributed by atoms with E-state index >= 15 is 0 Å². The zero-order valence-electron chi connectivity index (χ0n) is 9.68. The molecule has 0 aromatic heterocycles. The van der Waals surface area contributed by atoms with E-state index in [2.05, 4.69) is 5.92 Å². The number of ether oxygens (including phenoxy) is 1. The molecule has 0 saturated heterocycles. The van der Waals surface area contributed by atoms with Gasteiger partial charge in [0.2, 0.25) is 0 Å². The molecule has 0 spiro atoms. The van der Waals surface area contributed by atoms with E-state index < -0.39 is 0 Å². The molecule has 0 aliphatic heterocycles. The summed E-state index contributed by atoms with van der Waals surface area (Å²) in [5.41, 5.74) is 2.18. The van der Waals surface area contributed by atoms with Gasteiger partial charge in [0.15, 0.2) is 0 Å². The molecule has 0 N–H and O–H groups in total. The first-order valence-electron chi connectivity index (χ1n) is 5.42. The maximum atomic E-state index is 5.73. The topological polar surface area (TPSA) is 9.23 Å². The largest absolute Gasteiger partial charge is 0.457 e. The van der Waals surface area contributed by atoms with E-state index in [1.165, 1.54) is 5.56 Å². The van der Waals surface area contributed by atoms with Crippen LogP contribution in [0, 0.1) is 25.7 Å². The van der Waals surface area contributed by atoms with Crippen LogP contribution in [0.1, 0.15) is 11.1 Å². The van der Waals surface area contributed by atoms with Crippen molar-refractivity contribution in [2.45, 2.75) is 6.92 Å². The minimum absolute atomic E-state index is 0.790. The second-order valence-electron chi connectivity index (χ2n) is 3.80. The van der Waals surface area contributed by atoms with Gasteiger partial charge < -0.3 is 4.74 Å². The third-order valence-electron chi connectivity index (χ3n) is 2.36. The van der Waals surface area contributed by atoms with Gasteiger partial charge in [-0.3, -0.25) is 0 Å². The van der Waals surface area contributed by atoms with Gasteiger partial charge in [-0.1, -0.05) is 35.7 Å². The van der Waals surface area contributed by atoms with Crippen molar-refractivity contribution in [3.63, 3.8) is 0 Å². The average Bonchev–Trinajstić information content (AvgIpc) is 2.33. The Morgan fingerprint density at radius 1 is 1.06 bits per heavy atom. The molecule has 0 unspecified atom stereocenters. The van der Waals surface area contributed by atoms with Gasteiger partial charge in [0.05, 0.1) is 6.42 Å². The van der Waals surface area contributed by atoms with E-state index in [4.69, 9.17) is 11.2 Å². The normalized spacial score (nSPS) is 9.65. The molecule has 83 valence electrons. The van der Waals surface area contributed by atoms with Crippen LogP contribution in [-0.4, -0.2) is 0 Å². The van der Waals surface area contributed by atoms with Gasteiger partial charge in [0.1, 0.15) is 11.5 Å². The molecule has 0 amide bonds. The van der Waals surface area contributed by atoms with E-state index in [1.54, 1.807) is 6.42 Å². The van der Waals surface area contributed by atoms with Gasteiger partial charge in [-0.15, -0.1) is 6.42 Å². The van der Waals surface area contributed by atoms with E-state index in [0.29, 0.717) is 0 Å². The highest BCUT2D eigenvalue weighted by Crippen LogP contribution is 2.22. The molecule has 1 nitrogen and oxygen atoms in total. The molecule has 0 saturated carbocycles. The van der Waals surface area contributed by atoms with Crippen molar-refractivity contribution in [3.05, 3.63) is 66.1 Å². The van der Waals surface area contributed by atoms with Crippen LogP contribution in [0.4, 0.5) is 0 Å². The molecule has 1 heteroatoms. The van der Waals surface area contributed by atoms with Crippen molar-refractivity contribution in [2.24, 2.45) is 0 Å². The van der Waals surface area contributed by atoms with Crippen LogP contribution in [0.5, 0.6) is 11.5 Å². The summed E-state index contributed by atoms with van der Waals surface area (Å²) in [7, 11) is 0. The summed E-state index contributed by atoms with van der Waals surface area (Å²) in [5.74, 6) is 4.12. The van der Waals surface area contributed by atoms with Crippen molar-refractivity contribution < 1.29 is 4.74 Å². The lowest BCUT2D eigenvalue weighted by atomic mass is 10.1. The summed E-state index contributed by atoms with van der Waals surface area (Å²) in [4.78, 5) is 0. The van der Waals surface area contributed by atoms with Crippen LogP contribution in [0.15, 0.2) is 48.5 Å². The Morgan fingerprint density at radius 2 is 1.82 bits per heavy atom. The van der Waals surface area contributed by atoms with Crippen LogP contribution < -0.4 is 4.74 Å². The van der Waals surface area contributed by atoms with Gasteiger partial charge in [0, 0.05) is 0 Å². The molecule has 0 atom stereocenters. The van der Waals surface area contributed by atoms with Gasteiger partial charge in [-0.25, -0.2) is 0 Å². The highest BCUT2D eigenvalue weighted by molar-refractivity contribution is 5.39. The van der Waals surface area contributed by atoms with Crippen molar-refractivity contribution in [3.8, 4) is 23.8 Å². The van der Waals surface area contributed by atoms with Crippen molar-refractivity contribution in [1.82, 2.24) is 0 Å². The number of hydrogen-bond donors (Lipinski definition) is 0. The van der Waals surface area contributed by atoms with Gasteiger partial charge >= 0.3 is 0 Å². The molecule has 0 aliphatic carbocycles. The summed E-state index contributed by atoms with van der Waals surface area (Å²) in [6.45, 7) is 2.05. The molecule has 2 rings (SSSR count). The molecule has 17 heavy (non-hydrogen) atoms. The van der Waals surface area contributed by atoms with Crippen LogP contribution in [0.2, 0.25) is 0 Å². The zero-order valence-corrected chi connectivity index (χ0v) is 9.68. The van der Waals surface area contributed by atoms with Crippen LogP contribution in [0.25, 0.3) is 0 Å². The smallest absolute Gasteiger partial charge is 0.127 e. The molecular formula is C16H13O.